The molecule has 1 aliphatic heterocycles. The highest BCUT2D eigenvalue weighted by Gasteiger charge is 2.43. The van der Waals surface area contributed by atoms with Gasteiger partial charge in [0.2, 0.25) is 17.2 Å². The van der Waals surface area contributed by atoms with Crippen molar-refractivity contribution in [3.05, 3.63) is 5.28 Å². The van der Waals surface area contributed by atoms with E-state index in [4.69, 9.17) is 27.2 Å². The molecule has 1 unspecified atom stereocenters. The van der Waals surface area contributed by atoms with Crippen LogP contribution < -0.4 is 11.1 Å². The molecule has 7 N–H and O–H groups in total. The standard InChI is InChI=1S/C9H14ClN5O5/c10-7-13-8(11)15-9(14-7)12-6-5(19)4(18)3(17)2(1-16)20-6/h2-6,16-19H,1H2,(H3,11,12,13,14,15)/t2-,3-,4-,5-,6?/m0/s1. The van der Waals surface area contributed by atoms with Crippen LogP contribution in [0.25, 0.3) is 0 Å². The van der Waals surface area contributed by atoms with E-state index >= 15 is 0 Å². The molecule has 1 aliphatic rings. The Kier molecular flexibility index (Phi) is 4.52. The molecule has 11 heteroatoms. The van der Waals surface area contributed by atoms with Crippen molar-refractivity contribution < 1.29 is 25.2 Å². The van der Waals surface area contributed by atoms with E-state index in [1.165, 1.54) is 0 Å². The summed E-state index contributed by atoms with van der Waals surface area (Å²) in [5.74, 6) is -0.219. The van der Waals surface area contributed by atoms with Gasteiger partial charge < -0.3 is 36.2 Å². The third kappa shape index (κ3) is 3.06. The summed E-state index contributed by atoms with van der Waals surface area (Å²) in [5.41, 5.74) is 5.38. The number of anilines is 2. The van der Waals surface area contributed by atoms with Crippen molar-refractivity contribution in [3.63, 3.8) is 0 Å². The van der Waals surface area contributed by atoms with E-state index in [0.717, 1.165) is 0 Å². The van der Waals surface area contributed by atoms with Gasteiger partial charge in [-0.3, -0.25) is 0 Å². The fraction of sp³-hybridized carbons (Fsp3) is 0.667. The first-order chi connectivity index (χ1) is 9.42. The molecule has 0 aliphatic carbocycles. The molecule has 1 saturated heterocycles. The lowest BCUT2D eigenvalue weighted by Gasteiger charge is -2.40. The lowest BCUT2D eigenvalue weighted by molar-refractivity contribution is -0.221. The Morgan fingerprint density at radius 1 is 1.15 bits per heavy atom. The van der Waals surface area contributed by atoms with Crippen LogP contribution in [0.2, 0.25) is 5.28 Å². The number of hydrogen-bond acceptors (Lipinski definition) is 10. The minimum Gasteiger partial charge on any atom is -0.394 e. The molecule has 0 radical (unpaired) electrons. The molecular weight excluding hydrogens is 294 g/mol. The molecule has 1 fully saturated rings. The number of aromatic nitrogens is 3. The van der Waals surface area contributed by atoms with Gasteiger partial charge in [-0.15, -0.1) is 0 Å². The molecule has 112 valence electrons. The first kappa shape index (κ1) is 15.1. The summed E-state index contributed by atoms with van der Waals surface area (Å²) in [6, 6.07) is 0. The number of hydrogen-bond donors (Lipinski definition) is 6. The van der Waals surface area contributed by atoms with Gasteiger partial charge in [-0.05, 0) is 11.6 Å². The molecule has 20 heavy (non-hydrogen) atoms. The van der Waals surface area contributed by atoms with Gasteiger partial charge >= 0.3 is 0 Å². The summed E-state index contributed by atoms with van der Waals surface area (Å²) >= 11 is 5.60. The number of nitrogens with zero attached hydrogens (tertiary/aromatic N) is 3. The molecule has 1 aromatic rings. The number of aliphatic hydroxyl groups is 4. The van der Waals surface area contributed by atoms with Gasteiger partial charge in [0.25, 0.3) is 0 Å². The van der Waals surface area contributed by atoms with Crippen LogP contribution >= 0.6 is 11.6 Å². The Balaban J connectivity index is 2.15. The zero-order valence-electron chi connectivity index (χ0n) is 10.1. The molecule has 0 spiro atoms. The monoisotopic (exact) mass is 307 g/mol. The molecular formula is C9H14ClN5O5. The Hall–Kier alpha value is -1.30. The molecule has 0 saturated carbocycles. The van der Waals surface area contributed by atoms with Gasteiger partial charge in [-0.2, -0.15) is 15.0 Å². The zero-order valence-corrected chi connectivity index (χ0v) is 10.8. The number of nitrogen functional groups attached to an aromatic ring is 1. The Bertz CT molecular complexity index is 458. The maximum Gasteiger partial charge on any atom is 0.230 e. The van der Waals surface area contributed by atoms with Crippen LogP contribution in [-0.4, -0.2) is 72.6 Å². The lowest BCUT2D eigenvalue weighted by atomic mass is 9.98. The summed E-state index contributed by atoms with van der Waals surface area (Å²) in [4.78, 5) is 11.0. The van der Waals surface area contributed by atoms with Gasteiger partial charge in [0.15, 0.2) is 6.23 Å². The largest absolute Gasteiger partial charge is 0.394 e. The van der Waals surface area contributed by atoms with E-state index in [9.17, 15) is 15.3 Å². The SMILES string of the molecule is Nc1nc(Cl)nc(NC2O[C@@H](CO)[C@H](O)[C@H](O)[C@@H]2O)n1. The van der Waals surface area contributed by atoms with E-state index in [2.05, 4.69) is 20.3 Å². The van der Waals surface area contributed by atoms with Gasteiger partial charge in [0, 0.05) is 0 Å². The second kappa shape index (κ2) is 5.99. The van der Waals surface area contributed by atoms with Crippen molar-refractivity contribution in [3.8, 4) is 0 Å². The van der Waals surface area contributed by atoms with Crippen LogP contribution in [0, 0.1) is 0 Å². The van der Waals surface area contributed by atoms with Crippen molar-refractivity contribution in [2.24, 2.45) is 0 Å². The second-order valence-corrected chi connectivity index (χ2v) is 4.52. The fourth-order valence-electron chi connectivity index (χ4n) is 1.78. The summed E-state index contributed by atoms with van der Waals surface area (Å²) in [6.07, 6.45) is -6.62. The van der Waals surface area contributed by atoms with Crippen molar-refractivity contribution in [2.75, 3.05) is 17.7 Å². The minimum absolute atomic E-state index is 0.0770. The summed E-state index contributed by atoms with van der Waals surface area (Å²) in [5, 5.41) is 40.5. The molecule has 5 atom stereocenters. The quantitative estimate of drug-likeness (QED) is 0.346. The minimum atomic E-state index is -1.51. The summed E-state index contributed by atoms with van der Waals surface area (Å²) in [7, 11) is 0. The lowest BCUT2D eigenvalue weighted by Crippen LogP contribution is -2.60. The van der Waals surface area contributed by atoms with Crippen LogP contribution in [0.1, 0.15) is 0 Å². The highest BCUT2D eigenvalue weighted by atomic mass is 35.5. The number of ether oxygens (including phenoxy) is 1. The third-order valence-corrected chi connectivity index (χ3v) is 2.96. The summed E-state index contributed by atoms with van der Waals surface area (Å²) in [6.45, 7) is -0.538. The highest BCUT2D eigenvalue weighted by Crippen LogP contribution is 2.22. The Morgan fingerprint density at radius 2 is 1.85 bits per heavy atom. The highest BCUT2D eigenvalue weighted by molar-refractivity contribution is 6.28. The number of rotatable bonds is 3. The first-order valence-corrected chi connectivity index (χ1v) is 6.04. The van der Waals surface area contributed by atoms with Crippen LogP contribution in [-0.2, 0) is 4.74 Å². The number of aliphatic hydroxyl groups excluding tert-OH is 4. The van der Waals surface area contributed by atoms with Gasteiger partial charge in [-0.1, -0.05) is 0 Å². The average Bonchev–Trinajstić information content (AvgIpc) is 2.38. The van der Waals surface area contributed by atoms with Crippen LogP contribution in [0.3, 0.4) is 0 Å². The molecule has 2 rings (SSSR count). The van der Waals surface area contributed by atoms with Crippen molar-refractivity contribution in [1.29, 1.82) is 0 Å². The van der Waals surface area contributed by atoms with Gasteiger partial charge in [-0.25, -0.2) is 0 Å². The maximum absolute atomic E-state index is 9.81. The average molecular weight is 308 g/mol. The topological polar surface area (TPSA) is 167 Å². The van der Waals surface area contributed by atoms with Crippen LogP contribution in [0.15, 0.2) is 0 Å². The number of halogens is 1. The van der Waals surface area contributed by atoms with Crippen molar-refractivity contribution in [2.45, 2.75) is 30.6 Å². The zero-order chi connectivity index (χ0) is 14.9. The van der Waals surface area contributed by atoms with Crippen molar-refractivity contribution >= 4 is 23.5 Å². The third-order valence-electron chi connectivity index (χ3n) is 2.79. The molecule has 2 heterocycles. The normalized spacial score (nSPS) is 34.0. The van der Waals surface area contributed by atoms with E-state index in [1.807, 2.05) is 0 Å². The predicted molar refractivity (Wildman–Crippen MR) is 66.6 cm³/mol. The molecule has 10 nitrogen and oxygen atoms in total. The number of nitrogens with two attached hydrogens (primary N) is 1. The van der Waals surface area contributed by atoms with Crippen LogP contribution in [0.4, 0.5) is 11.9 Å². The van der Waals surface area contributed by atoms with Crippen LogP contribution in [0.5, 0.6) is 0 Å². The molecule has 0 bridgehead atoms. The van der Waals surface area contributed by atoms with E-state index in [-0.39, 0.29) is 17.2 Å². The molecule has 0 amide bonds. The maximum atomic E-state index is 9.81. The fourth-order valence-corrected chi connectivity index (χ4v) is 1.94. The molecule has 1 aromatic heterocycles. The summed E-state index contributed by atoms with van der Waals surface area (Å²) < 4.78 is 5.21. The second-order valence-electron chi connectivity index (χ2n) is 4.18. The van der Waals surface area contributed by atoms with E-state index < -0.39 is 37.3 Å². The van der Waals surface area contributed by atoms with Crippen molar-refractivity contribution in [1.82, 2.24) is 15.0 Å². The Morgan fingerprint density at radius 3 is 2.45 bits per heavy atom. The predicted octanol–water partition coefficient (Wildman–Crippen LogP) is -2.68. The first-order valence-electron chi connectivity index (χ1n) is 5.66. The van der Waals surface area contributed by atoms with E-state index in [1.54, 1.807) is 0 Å². The molecule has 0 aromatic carbocycles. The Labute approximate surface area is 118 Å². The smallest absolute Gasteiger partial charge is 0.230 e. The number of nitrogens with one attached hydrogen (secondary N) is 1. The van der Waals surface area contributed by atoms with E-state index in [0.29, 0.717) is 0 Å². The van der Waals surface area contributed by atoms with Gasteiger partial charge in [0.1, 0.15) is 24.4 Å². The van der Waals surface area contributed by atoms with Gasteiger partial charge in [0.05, 0.1) is 6.61 Å².